The van der Waals surface area contributed by atoms with Crippen molar-refractivity contribution in [1.82, 2.24) is 0 Å². The molecule has 0 aromatic rings. The summed E-state index contributed by atoms with van der Waals surface area (Å²) in [6.07, 6.45) is 41.8. The minimum absolute atomic E-state index is 0.173. The van der Waals surface area contributed by atoms with Crippen LogP contribution in [0.3, 0.4) is 0 Å². The number of hydrogen-bond donors (Lipinski definition) is 1. The van der Waals surface area contributed by atoms with Crippen molar-refractivity contribution in [2.45, 2.75) is 116 Å². The first-order valence-electron chi connectivity index (χ1n) is 14.6. The molecule has 0 bridgehead atoms. The Labute approximate surface area is 232 Å². The van der Waals surface area contributed by atoms with Crippen LogP contribution < -0.4 is 0 Å². The predicted octanol–water partition coefficient (Wildman–Crippen LogP) is 9.77. The summed E-state index contributed by atoms with van der Waals surface area (Å²) >= 11 is 0. The summed E-state index contributed by atoms with van der Waals surface area (Å²) in [4.78, 5) is 23.1. The van der Waals surface area contributed by atoms with Crippen LogP contribution in [0.15, 0.2) is 85.1 Å². The minimum Gasteiger partial charge on any atom is -0.481 e. The largest absolute Gasteiger partial charge is 0.481 e. The van der Waals surface area contributed by atoms with E-state index in [0.717, 1.165) is 70.6 Å². The molecule has 1 atom stereocenters. The van der Waals surface area contributed by atoms with Crippen molar-refractivity contribution < 1.29 is 19.4 Å². The Kier molecular flexibility index (Phi) is 26.5. The molecule has 0 radical (unpaired) electrons. The number of carbonyl (C=O) groups is 2. The van der Waals surface area contributed by atoms with Crippen LogP contribution in [0, 0.1) is 0 Å². The van der Waals surface area contributed by atoms with E-state index in [2.05, 4.69) is 86.8 Å². The van der Waals surface area contributed by atoms with Gasteiger partial charge in [-0.25, -0.2) is 0 Å². The maximum Gasteiger partial charge on any atom is 0.306 e. The molecule has 0 heterocycles. The third-order valence-corrected chi connectivity index (χ3v) is 5.61. The van der Waals surface area contributed by atoms with Crippen molar-refractivity contribution >= 4 is 11.9 Å². The Hall–Kier alpha value is -2.88. The molecule has 4 heteroatoms. The lowest BCUT2D eigenvalue weighted by atomic mass is 10.1. The third kappa shape index (κ3) is 27.7. The molecule has 1 unspecified atom stereocenters. The standard InChI is InChI=1S/C34H52O4/c1-3-5-7-9-11-13-14-15-16-17-19-21-27-31-34(37)38-32(29-25-22-23-26-30-33(35)36)28-24-20-18-12-10-8-6-4-2/h5-8,11-13,15-16,18-19,21,24,28,32H,3-4,9-10,14,17,20,22-23,25-27,29-31H2,1-2H3,(H,35,36)/b7-5-,8-6-,13-11-,16-15-,18-12-,21-19-,28-24-. The van der Waals surface area contributed by atoms with Gasteiger partial charge in [0.05, 0.1) is 0 Å². The molecule has 0 aliphatic rings. The number of unbranched alkanes of at least 4 members (excludes halogenated alkanes) is 3. The van der Waals surface area contributed by atoms with E-state index in [0.29, 0.717) is 19.3 Å². The molecule has 212 valence electrons. The van der Waals surface area contributed by atoms with Gasteiger partial charge in [0.1, 0.15) is 6.10 Å². The van der Waals surface area contributed by atoms with Crippen molar-refractivity contribution in [3.8, 4) is 0 Å². The number of carboxylic acids is 1. The first-order chi connectivity index (χ1) is 18.6. The molecule has 0 aliphatic carbocycles. The summed E-state index contributed by atoms with van der Waals surface area (Å²) in [5.41, 5.74) is 0. The second kappa shape index (κ2) is 28.7. The highest BCUT2D eigenvalue weighted by Gasteiger charge is 2.11. The average molecular weight is 525 g/mol. The third-order valence-electron chi connectivity index (χ3n) is 5.61. The molecule has 0 aliphatic heterocycles. The van der Waals surface area contributed by atoms with Crippen molar-refractivity contribution in [3.05, 3.63) is 85.1 Å². The molecular formula is C34H52O4. The van der Waals surface area contributed by atoms with Gasteiger partial charge >= 0.3 is 11.9 Å². The lowest BCUT2D eigenvalue weighted by molar-refractivity contribution is -0.147. The SMILES string of the molecule is CC/C=C\C/C=C\C/C=C\C/C=C\CCC(=O)OC(/C=C\C/C=C\C/C=C\CC)CCCCCCC(=O)O. The summed E-state index contributed by atoms with van der Waals surface area (Å²) in [5, 5.41) is 8.76. The van der Waals surface area contributed by atoms with E-state index in [1.165, 1.54) is 0 Å². The summed E-state index contributed by atoms with van der Waals surface area (Å²) in [6, 6.07) is 0. The smallest absolute Gasteiger partial charge is 0.306 e. The highest BCUT2D eigenvalue weighted by atomic mass is 16.5. The minimum atomic E-state index is -0.744. The number of esters is 1. The first-order valence-corrected chi connectivity index (χ1v) is 14.6. The van der Waals surface area contributed by atoms with Gasteiger partial charge in [0, 0.05) is 12.8 Å². The fraction of sp³-hybridized carbons (Fsp3) is 0.529. The van der Waals surface area contributed by atoms with Crippen LogP contribution in [0.4, 0.5) is 0 Å². The number of carbonyl (C=O) groups excluding carboxylic acids is 1. The van der Waals surface area contributed by atoms with Crippen molar-refractivity contribution in [3.63, 3.8) is 0 Å². The van der Waals surface area contributed by atoms with E-state index in [1.54, 1.807) is 0 Å². The zero-order valence-electron chi connectivity index (χ0n) is 23.9. The van der Waals surface area contributed by atoms with Crippen molar-refractivity contribution in [1.29, 1.82) is 0 Å². The molecule has 0 aromatic carbocycles. The predicted molar refractivity (Wildman–Crippen MR) is 162 cm³/mol. The Morgan fingerprint density at radius 1 is 0.605 bits per heavy atom. The van der Waals surface area contributed by atoms with Crippen LogP contribution >= 0.6 is 0 Å². The number of allylic oxidation sites excluding steroid dienone is 13. The highest BCUT2D eigenvalue weighted by Crippen LogP contribution is 2.13. The van der Waals surface area contributed by atoms with Crippen LogP contribution in [0.5, 0.6) is 0 Å². The molecule has 0 saturated heterocycles. The molecule has 0 rings (SSSR count). The average Bonchev–Trinajstić information content (AvgIpc) is 2.89. The van der Waals surface area contributed by atoms with E-state index in [9.17, 15) is 9.59 Å². The zero-order chi connectivity index (χ0) is 27.9. The number of ether oxygens (including phenoxy) is 1. The number of carboxylic acid groups (broad SMARTS) is 1. The lowest BCUT2D eigenvalue weighted by Crippen LogP contribution is -2.16. The lowest BCUT2D eigenvalue weighted by Gasteiger charge is -2.14. The fourth-order valence-electron chi connectivity index (χ4n) is 3.54. The van der Waals surface area contributed by atoms with Crippen LogP contribution in [0.1, 0.15) is 110 Å². The Bertz CT molecular complexity index is 780. The van der Waals surface area contributed by atoms with E-state index < -0.39 is 5.97 Å². The monoisotopic (exact) mass is 524 g/mol. The Morgan fingerprint density at radius 2 is 1.08 bits per heavy atom. The van der Waals surface area contributed by atoms with Gasteiger partial charge in [0.2, 0.25) is 0 Å². The van der Waals surface area contributed by atoms with Gasteiger partial charge in [-0.1, -0.05) is 106 Å². The van der Waals surface area contributed by atoms with Gasteiger partial charge in [-0.15, -0.1) is 0 Å². The molecule has 0 fully saturated rings. The van der Waals surface area contributed by atoms with Gasteiger partial charge in [-0.2, -0.15) is 0 Å². The van der Waals surface area contributed by atoms with Crippen molar-refractivity contribution in [2.75, 3.05) is 0 Å². The van der Waals surface area contributed by atoms with Gasteiger partial charge in [0.15, 0.2) is 0 Å². The molecule has 0 amide bonds. The summed E-state index contributed by atoms with van der Waals surface area (Å²) < 4.78 is 5.75. The van der Waals surface area contributed by atoms with Gasteiger partial charge in [-0.05, 0) is 76.7 Å². The number of aliphatic carboxylic acids is 1. The van der Waals surface area contributed by atoms with E-state index in [1.807, 2.05) is 12.2 Å². The summed E-state index contributed by atoms with van der Waals surface area (Å²) in [6.45, 7) is 4.26. The first kappa shape index (κ1) is 35.1. The fourth-order valence-corrected chi connectivity index (χ4v) is 3.54. The molecule has 0 spiro atoms. The van der Waals surface area contributed by atoms with Crippen LogP contribution in [0.2, 0.25) is 0 Å². The van der Waals surface area contributed by atoms with E-state index in [-0.39, 0.29) is 18.5 Å². The van der Waals surface area contributed by atoms with E-state index in [4.69, 9.17) is 9.84 Å². The Morgan fingerprint density at radius 3 is 1.61 bits per heavy atom. The quantitative estimate of drug-likeness (QED) is 0.0775. The van der Waals surface area contributed by atoms with Gasteiger partial charge in [0.25, 0.3) is 0 Å². The van der Waals surface area contributed by atoms with Crippen LogP contribution in [-0.4, -0.2) is 23.1 Å². The second-order valence-corrected chi connectivity index (χ2v) is 9.17. The maximum absolute atomic E-state index is 12.4. The molecule has 4 nitrogen and oxygen atoms in total. The summed E-state index contributed by atoms with van der Waals surface area (Å²) in [7, 11) is 0. The van der Waals surface area contributed by atoms with Gasteiger partial charge in [-0.3, -0.25) is 9.59 Å². The molecule has 38 heavy (non-hydrogen) atoms. The van der Waals surface area contributed by atoms with Gasteiger partial charge < -0.3 is 9.84 Å². The zero-order valence-corrected chi connectivity index (χ0v) is 23.9. The van der Waals surface area contributed by atoms with Crippen molar-refractivity contribution in [2.24, 2.45) is 0 Å². The molecule has 0 saturated carbocycles. The van der Waals surface area contributed by atoms with E-state index >= 15 is 0 Å². The van der Waals surface area contributed by atoms with Crippen LogP contribution in [-0.2, 0) is 14.3 Å². The number of hydrogen-bond acceptors (Lipinski definition) is 3. The Balaban J connectivity index is 4.36. The maximum atomic E-state index is 12.4. The second-order valence-electron chi connectivity index (χ2n) is 9.17. The molecular weight excluding hydrogens is 472 g/mol. The molecule has 0 aromatic heterocycles. The normalized spacial score (nSPS) is 13.5. The molecule has 1 N–H and O–H groups in total. The summed E-state index contributed by atoms with van der Waals surface area (Å²) in [5.74, 6) is -0.917. The topological polar surface area (TPSA) is 63.6 Å². The van der Waals surface area contributed by atoms with Crippen LogP contribution in [0.25, 0.3) is 0 Å². The number of rotatable bonds is 24. The highest BCUT2D eigenvalue weighted by molar-refractivity contribution is 5.69.